The third kappa shape index (κ3) is 6.57. The molecule has 0 bridgehead atoms. The minimum absolute atomic E-state index is 0.0584. The fourth-order valence-corrected chi connectivity index (χ4v) is 7.01. The molecule has 0 N–H and O–H groups in total. The van der Waals surface area contributed by atoms with Crippen LogP contribution in [-0.2, 0) is 26.2 Å². The molecule has 0 fully saturated rings. The Morgan fingerprint density at radius 1 is 0.689 bits per heavy atom. The van der Waals surface area contributed by atoms with Gasteiger partial charge in [0.15, 0.2) is 11.6 Å². The maximum Gasteiger partial charge on any atom is 0.173 e. The van der Waals surface area contributed by atoms with Gasteiger partial charge in [0.2, 0.25) is 0 Å². The molecule has 0 amide bonds. The zero-order valence-corrected chi connectivity index (χ0v) is 26.5. The molecule has 0 aliphatic carbocycles. The summed E-state index contributed by atoms with van der Waals surface area (Å²) < 4.78 is 3.81. The number of nitrogens with zero attached hydrogens (tertiary/aromatic N) is 10. The lowest BCUT2D eigenvalue weighted by Crippen LogP contribution is -2.38. The van der Waals surface area contributed by atoms with Crippen molar-refractivity contribution in [1.29, 1.82) is 0 Å². The molecule has 3 aromatic heterocycles. The Morgan fingerprint density at radius 3 is 1.96 bits per heavy atom. The minimum atomic E-state index is 0.0584. The highest BCUT2D eigenvalue weighted by Crippen LogP contribution is 2.33. The van der Waals surface area contributed by atoms with E-state index < -0.39 is 0 Å². The Balaban J connectivity index is 0.000000145. The minimum Gasteiger partial charge on any atom is -0.284 e. The smallest absolute Gasteiger partial charge is 0.173 e. The van der Waals surface area contributed by atoms with Gasteiger partial charge in [0, 0.05) is 36.1 Å². The number of hydrogen-bond acceptors (Lipinski definition) is 9. The summed E-state index contributed by atoms with van der Waals surface area (Å²) in [6.07, 6.45) is 0. The maximum absolute atomic E-state index is 6.02. The number of hydrogen-bond donors (Lipinski definition) is 0. The molecule has 5 heterocycles. The van der Waals surface area contributed by atoms with Crippen molar-refractivity contribution in [2.75, 3.05) is 13.1 Å². The molecule has 2 unspecified atom stereocenters. The van der Waals surface area contributed by atoms with E-state index >= 15 is 0 Å². The molecule has 10 nitrogen and oxygen atoms in total. The Kier molecular flexibility index (Phi) is 8.74. The average molecular weight is 637 g/mol. The van der Waals surface area contributed by atoms with Gasteiger partial charge >= 0.3 is 0 Å². The van der Waals surface area contributed by atoms with Crippen molar-refractivity contribution in [3.8, 4) is 0 Å². The van der Waals surface area contributed by atoms with Crippen LogP contribution in [0.15, 0.2) is 96.4 Å². The third-order valence-electron chi connectivity index (χ3n) is 8.24. The van der Waals surface area contributed by atoms with E-state index in [0.717, 1.165) is 61.5 Å². The van der Waals surface area contributed by atoms with Gasteiger partial charge in [-0.15, -0.1) is 21.5 Å². The molecule has 12 heteroatoms. The van der Waals surface area contributed by atoms with Gasteiger partial charge in [0.25, 0.3) is 0 Å². The first-order valence-electron chi connectivity index (χ1n) is 15.0. The van der Waals surface area contributed by atoms with Crippen LogP contribution in [0, 0.1) is 6.92 Å². The molecule has 228 valence electrons. The van der Waals surface area contributed by atoms with Gasteiger partial charge in [-0.3, -0.25) is 9.80 Å². The van der Waals surface area contributed by atoms with Crippen molar-refractivity contribution in [2.24, 2.45) is 0 Å². The third-order valence-corrected chi connectivity index (χ3v) is 9.36. The number of aryl methyl sites for hydroxylation is 1. The summed E-state index contributed by atoms with van der Waals surface area (Å²) in [6.45, 7) is 7.44. The zero-order valence-electron chi connectivity index (χ0n) is 24.9. The summed E-state index contributed by atoms with van der Waals surface area (Å²) in [5.41, 5.74) is 5.01. The topological polar surface area (TPSA) is 93.7 Å². The SMILES string of the molecule is Cc1cccc(CN2CCn3nnnc3C2c2ccccc2)c1.Clc1ccc(C2c3nnnn3CCN2Cc2cccs2)cc1. The normalized spacial score (nSPS) is 18.1. The van der Waals surface area contributed by atoms with Crippen LogP contribution in [0.4, 0.5) is 0 Å². The van der Waals surface area contributed by atoms with Crippen molar-refractivity contribution in [2.45, 2.75) is 45.2 Å². The van der Waals surface area contributed by atoms with Crippen molar-refractivity contribution in [3.63, 3.8) is 0 Å². The van der Waals surface area contributed by atoms with Gasteiger partial charge in [-0.1, -0.05) is 90.0 Å². The summed E-state index contributed by atoms with van der Waals surface area (Å²) in [5, 5.41) is 27.3. The molecule has 0 saturated heterocycles. The molecular weight excluding hydrogens is 604 g/mol. The molecule has 0 spiro atoms. The van der Waals surface area contributed by atoms with Crippen LogP contribution in [0.3, 0.4) is 0 Å². The Morgan fingerprint density at radius 2 is 1.33 bits per heavy atom. The van der Waals surface area contributed by atoms with E-state index in [1.54, 1.807) is 11.3 Å². The van der Waals surface area contributed by atoms with Gasteiger partial charge in [-0.25, -0.2) is 9.36 Å². The fourth-order valence-electron chi connectivity index (χ4n) is 6.15. The van der Waals surface area contributed by atoms with Crippen molar-refractivity contribution in [1.82, 2.24) is 50.2 Å². The predicted octanol–water partition coefficient (Wildman–Crippen LogP) is 5.58. The average Bonchev–Trinajstić information content (AvgIpc) is 3.85. The summed E-state index contributed by atoms with van der Waals surface area (Å²) in [4.78, 5) is 6.22. The van der Waals surface area contributed by atoms with E-state index in [1.165, 1.54) is 21.6 Å². The molecule has 45 heavy (non-hydrogen) atoms. The van der Waals surface area contributed by atoms with Gasteiger partial charge < -0.3 is 0 Å². The van der Waals surface area contributed by atoms with Crippen molar-refractivity contribution >= 4 is 22.9 Å². The van der Waals surface area contributed by atoms with Crippen LogP contribution in [0.1, 0.15) is 50.9 Å². The maximum atomic E-state index is 6.02. The monoisotopic (exact) mass is 636 g/mol. The molecule has 6 aromatic rings. The van der Waals surface area contributed by atoms with Crippen LogP contribution in [0.5, 0.6) is 0 Å². The molecule has 0 saturated carbocycles. The summed E-state index contributed by atoms with van der Waals surface area (Å²) in [6, 6.07) is 31.5. The lowest BCUT2D eigenvalue weighted by Gasteiger charge is -2.35. The molecule has 8 rings (SSSR count). The zero-order chi connectivity index (χ0) is 30.6. The van der Waals surface area contributed by atoms with Crippen LogP contribution in [0.2, 0.25) is 5.02 Å². The lowest BCUT2D eigenvalue weighted by atomic mass is 10.0. The molecule has 2 atom stereocenters. The van der Waals surface area contributed by atoms with Crippen LogP contribution < -0.4 is 0 Å². The van der Waals surface area contributed by atoms with E-state index in [1.807, 2.05) is 27.6 Å². The van der Waals surface area contributed by atoms with Gasteiger partial charge in [0.05, 0.1) is 25.2 Å². The van der Waals surface area contributed by atoms with Crippen LogP contribution >= 0.6 is 22.9 Å². The first-order valence-corrected chi connectivity index (χ1v) is 16.3. The lowest BCUT2D eigenvalue weighted by molar-refractivity contribution is 0.164. The van der Waals surface area contributed by atoms with E-state index in [2.05, 4.69) is 126 Å². The van der Waals surface area contributed by atoms with E-state index in [-0.39, 0.29) is 12.1 Å². The number of fused-ring (bicyclic) bond motifs is 2. The number of halogens is 1. The highest BCUT2D eigenvalue weighted by molar-refractivity contribution is 7.09. The number of tetrazole rings is 2. The molecule has 2 aliphatic heterocycles. The number of thiophene rings is 1. The van der Waals surface area contributed by atoms with Crippen LogP contribution in [0.25, 0.3) is 0 Å². The van der Waals surface area contributed by atoms with Gasteiger partial charge in [-0.2, -0.15) is 0 Å². The first-order chi connectivity index (χ1) is 22.1. The van der Waals surface area contributed by atoms with Crippen molar-refractivity contribution < 1.29 is 0 Å². The fraction of sp³-hybridized carbons (Fsp3) is 0.273. The highest BCUT2D eigenvalue weighted by Gasteiger charge is 2.33. The van der Waals surface area contributed by atoms with Crippen LogP contribution in [-0.4, -0.2) is 63.3 Å². The second-order valence-electron chi connectivity index (χ2n) is 11.3. The quantitative estimate of drug-likeness (QED) is 0.234. The summed E-state index contributed by atoms with van der Waals surface area (Å²) >= 11 is 7.80. The molecular formula is C33H33ClN10S. The molecule has 2 aliphatic rings. The van der Waals surface area contributed by atoms with E-state index in [4.69, 9.17) is 11.6 Å². The number of aromatic nitrogens is 8. The standard InChI is InChI=1S/C18H19N5.C15H14ClN5S/c1-14-6-5-7-15(12-14)13-22-10-11-23-18(19-20-21-23)17(22)16-8-3-2-4-9-16;16-12-5-3-11(4-6-12)14-15-17-18-19-21(15)8-7-20(14)10-13-2-1-9-22-13/h2-9,12,17H,10-11,13H2,1H3;1-6,9,14H,7-8,10H2. The second-order valence-corrected chi connectivity index (χ2v) is 12.8. The number of rotatable bonds is 6. The molecule has 3 aromatic carbocycles. The van der Waals surface area contributed by atoms with E-state index in [0.29, 0.717) is 0 Å². The molecule has 0 radical (unpaired) electrons. The van der Waals surface area contributed by atoms with E-state index in [9.17, 15) is 0 Å². The van der Waals surface area contributed by atoms with Gasteiger partial charge in [-0.05, 0) is 68.0 Å². The first kappa shape index (κ1) is 29.4. The Bertz CT molecular complexity index is 1820. The summed E-state index contributed by atoms with van der Waals surface area (Å²) in [5.74, 6) is 1.82. The highest BCUT2D eigenvalue weighted by atomic mass is 35.5. The predicted molar refractivity (Wildman–Crippen MR) is 174 cm³/mol. The summed E-state index contributed by atoms with van der Waals surface area (Å²) in [7, 11) is 0. The second kappa shape index (κ2) is 13.4. The number of benzene rings is 3. The largest absolute Gasteiger partial charge is 0.284 e. The Hall–Kier alpha value is -4.29. The van der Waals surface area contributed by atoms with Gasteiger partial charge in [0.1, 0.15) is 0 Å². The Labute approximate surface area is 270 Å². The van der Waals surface area contributed by atoms with Crippen molar-refractivity contribution in [3.05, 3.63) is 140 Å².